The second kappa shape index (κ2) is 5.92. The van der Waals surface area contributed by atoms with Crippen LogP contribution in [0.3, 0.4) is 0 Å². The minimum atomic E-state index is -4.55. The van der Waals surface area contributed by atoms with E-state index in [1.165, 1.54) is 19.1 Å². The Morgan fingerprint density at radius 2 is 2.05 bits per heavy atom. The number of rotatable bonds is 5. The molecule has 0 aliphatic heterocycles. The zero-order valence-corrected chi connectivity index (χ0v) is 10.3. The van der Waals surface area contributed by atoms with Crippen molar-refractivity contribution >= 4 is 5.91 Å². The molecule has 1 atom stereocenters. The van der Waals surface area contributed by atoms with Crippen LogP contribution < -0.4 is 16.2 Å². The lowest BCUT2D eigenvalue weighted by atomic mass is 10.1. The molecule has 106 valence electrons. The maximum atomic E-state index is 12.8. The first-order valence-corrected chi connectivity index (χ1v) is 5.58. The molecule has 1 rings (SSSR count). The van der Waals surface area contributed by atoms with Crippen molar-refractivity contribution in [3.63, 3.8) is 0 Å². The molecule has 1 unspecified atom stereocenters. The molecule has 0 aromatic heterocycles. The van der Waals surface area contributed by atoms with Gasteiger partial charge in [0.05, 0.1) is 18.1 Å². The van der Waals surface area contributed by atoms with Crippen LogP contribution in [0, 0.1) is 5.92 Å². The van der Waals surface area contributed by atoms with E-state index >= 15 is 0 Å². The van der Waals surface area contributed by atoms with Gasteiger partial charge in [0.25, 0.3) is 0 Å². The highest BCUT2D eigenvalue weighted by Gasteiger charge is 2.34. The van der Waals surface area contributed by atoms with Crippen LogP contribution in [0.15, 0.2) is 18.2 Å². The number of amides is 1. The molecule has 7 heteroatoms. The second-order valence-corrected chi connectivity index (χ2v) is 4.15. The fraction of sp³-hybridized carbons (Fsp3) is 0.417. The van der Waals surface area contributed by atoms with Gasteiger partial charge in [0.15, 0.2) is 0 Å². The number of carbonyl (C=O) groups is 1. The summed E-state index contributed by atoms with van der Waals surface area (Å²) >= 11 is 0. The summed E-state index contributed by atoms with van der Waals surface area (Å²) in [5, 5.41) is 0. The van der Waals surface area contributed by atoms with E-state index in [4.69, 9.17) is 16.2 Å². The second-order valence-electron chi connectivity index (χ2n) is 4.15. The number of benzene rings is 1. The Balaban J connectivity index is 2.97. The van der Waals surface area contributed by atoms with Crippen molar-refractivity contribution in [3.8, 4) is 5.75 Å². The highest BCUT2D eigenvalue weighted by molar-refractivity contribution is 5.76. The summed E-state index contributed by atoms with van der Waals surface area (Å²) in [5.74, 6) is -1.64. The largest absolute Gasteiger partial charge is 0.492 e. The first kappa shape index (κ1) is 15.3. The molecule has 0 saturated carbocycles. The van der Waals surface area contributed by atoms with Gasteiger partial charge < -0.3 is 16.2 Å². The van der Waals surface area contributed by atoms with Gasteiger partial charge in [-0.25, -0.2) is 0 Å². The third-order valence-electron chi connectivity index (χ3n) is 2.56. The summed E-state index contributed by atoms with van der Waals surface area (Å²) in [6, 6.07) is 3.57. The van der Waals surface area contributed by atoms with E-state index in [1.54, 1.807) is 0 Å². The van der Waals surface area contributed by atoms with Crippen molar-refractivity contribution in [2.45, 2.75) is 19.6 Å². The molecular formula is C12H15F3N2O2. The van der Waals surface area contributed by atoms with Crippen molar-refractivity contribution in [1.29, 1.82) is 0 Å². The predicted octanol–water partition coefficient (Wildman–Crippen LogP) is 1.66. The number of alkyl halides is 3. The molecular weight excluding hydrogens is 261 g/mol. The molecule has 0 bridgehead atoms. The Bertz CT molecular complexity index is 461. The standard InChI is InChI=1S/C12H15F3N2O2/c1-7(11(17)18)6-19-10-3-2-8(5-16)4-9(10)12(13,14)15/h2-4,7H,5-6,16H2,1H3,(H2,17,18). The van der Waals surface area contributed by atoms with E-state index in [0.29, 0.717) is 5.56 Å². The monoisotopic (exact) mass is 276 g/mol. The lowest BCUT2D eigenvalue weighted by Crippen LogP contribution is -2.26. The molecule has 0 saturated heterocycles. The normalized spacial score (nSPS) is 13.1. The Kier molecular flexibility index (Phi) is 4.77. The number of nitrogens with two attached hydrogens (primary N) is 2. The van der Waals surface area contributed by atoms with Gasteiger partial charge in [-0.2, -0.15) is 13.2 Å². The highest BCUT2D eigenvalue weighted by Crippen LogP contribution is 2.36. The van der Waals surface area contributed by atoms with Gasteiger partial charge in [-0.05, 0) is 17.7 Å². The van der Waals surface area contributed by atoms with Gasteiger partial charge >= 0.3 is 6.18 Å². The molecule has 0 heterocycles. The van der Waals surface area contributed by atoms with Crippen LogP contribution in [0.2, 0.25) is 0 Å². The molecule has 0 aliphatic rings. The van der Waals surface area contributed by atoms with Crippen molar-refractivity contribution in [1.82, 2.24) is 0 Å². The zero-order valence-electron chi connectivity index (χ0n) is 10.3. The number of halogens is 3. The van der Waals surface area contributed by atoms with Crippen molar-refractivity contribution in [2.24, 2.45) is 17.4 Å². The van der Waals surface area contributed by atoms with Crippen LogP contribution in [0.5, 0.6) is 5.75 Å². The Hall–Kier alpha value is -1.76. The van der Waals surface area contributed by atoms with Crippen LogP contribution in [0.1, 0.15) is 18.1 Å². The third kappa shape index (κ3) is 4.13. The lowest BCUT2D eigenvalue weighted by Gasteiger charge is -2.16. The van der Waals surface area contributed by atoms with E-state index in [0.717, 1.165) is 6.07 Å². The molecule has 4 nitrogen and oxygen atoms in total. The fourth-order valence-corrected chi connectivity index (χ4v) is 1.35. The van der Waals surface area contributed by atoms with E-state index < -0.39 is 23.6 Å². The van der Waals surface area contributed by atoms with Gasteiger partial charge in [-0.1, -0.05) is 13.0 Å². The summed E-state index contributed by atoms with van der Waals surface area (Å²) in [5.41, 5.74) is 9.76. The molecule has 1 aromatic rings. The summed E-state index contributed by atoms with van der Waals surface area (Å²) < 4.78 is 43.5. The van der Waals surface area contributed by atoms with Gasteiger partial charge in [0.2, 0.25) is 5.91 Å². The Morgan fingerprint density at radius 1 is 1.42 bits per heavy atom. The summed E-state index contributed by atoms with van der Waals surface area (Å²) in [6.45, 7) is 1.27. The minimum absolute atomic E-state index is 0.00104. The predicted molar refractivity (Wildman–Crippen MR) is 63.2 cm³/mol. The first-order chi connectivity index (χ1) is 8.75. The van der Waals surface area contributed by atoms with E-state index in [2.05, 4.69) is 0 Å². The SMILES string of the molecule is CC(COc1ccc(CN)cc1C(F)(F)F)C(N)=O. The minimum Gasteiger partial charge on any atom is -0.492 e. The van der Waals surface area contributed by atoms with Crippen LogP contribution in [0.25, 0.3) is 0 Å². The molecule has 19 heavy (non-hydrogen) atoms. The third-order valence-corrected chi connectivity index (χ3v) is 2.56. The zero-order chi connectivity index (χ0) is 14.6. The molecule has 0 fully saturated rings. The van der Waals surface area contributed by atoms with Crippen molar-refractivity contribution in [2.75, 3.05) is 6.61 Å². The van der Waals surface area contributed by atoms with Gasteiger partial charge in [-0.3, -0.25) is 4.79 Å². The highest BCUT2D eigenvalue weighted by atomic mass is 19.4. The number of ether oxygens (including phenoxy) is 1. The Labute approximate surface area is 108 Å². The average Bonchev–Trinajstić information content (AvgIpc) is 2.34. The van der Waals surface area contributed by atoms with Gasteiger partial charge in [-0.15, -0.1) is 0 Å². The number of hydrogen-bond donors (Lipinski definition) is 2. The van der Waals surface area contributed by atoms with Crippen LogP contribution in [-0.4, -0.2) is 12.5 Å². The number of hydrogen-bond acceptors (Lipinski definition) is 3. The summed E-state index contributed by atoms with van der Waals surface area (Å²) in [4.78, 5) is 10.8. The smallest absolute Gasteiger partial charge is 0.419 e. The molecule has 0 spiro atoms. The van der Waals surface area contributed by atoms with Crippen LogP contribution in [-0.2, 0) is 17.5 Å². The van der Waals surface area contributed by atoms with Crippen LogP contribution in [0.4, 0.5) is 13.2 Å². The van der Waals surface area contributed by atoms with Crippen molar-refractivity contribution in [3.05, 3.63) is 29.3 Å². The number of carbonyl (C=O) groups excluding carboxylic acids is 1. The van der Waals surface area contributed by atoms with Crippen molar-refractivity contribution < 1.29 is 22.7 Å². The molecule has 1 amide bonds. The molecule has 4 N–H and O–H groups in total. The molecule has 0 aliphatic carbocycles. The summed E-state index contributed by atoms with van der Waals surface area (Å²) in [6.07, 6.45) is -4.55. The lowest BCUT2D eigenvalue weighted by molar-refractivity contribution is -0.139. The average molecular weight is 276 g/mol. The maximum Gasteiger partial charge on any atom is 0.419 e. The topological polar surface area (TPSA) is 78.3 Å². The van der Waals surface area contributed by atoms with E-state index in [9.17, 15) is 18.0 Å². The molecule has 1 aromatic carbocycles. The van der Waals surface area contributed by atoms with Gasteiger partial charge in [0, 0.05) is 6.54 Å². The molecule has 0 radical (unpaired) electrons. The number of primary amides is 1. The van der Waals surface area contributed by atoms with E-state index in [-0.39, 0.29) is 18.9 Å². The summed E-state index contributed by atoms with van der Waals surface area (Å²) in [7, 11) is 0. The fourth-order valence-electron chi connectivity index (χ4n) is 1.35. The van der Waals surface area contributed by atoms with Crippen LogP contribution >= 0.6 is 0 Å². The van der Waals surface area contributed by atoms with Gasteiger partial charge in [0.1, 0.15) is 5.75 Å². The maximum absolute atomic E-state index is 12.8. The van der Waals surface area contributed by atoms with E-state index in [1.807, 2.05) is 0 Å². The Morgan fingerprint density at radius 3 is 2.53 bits per heavy atom. The quantitative estimate of drug-likeness (QED) is 0.858. The first-order valence-electron chi connectivity index (χ1n) is 5.58.